The molecule has 4 unspecified atom stereocenters. The van der Waals surface area contributed by atoms with Gasteiger partial charge in [-0.05, 0) is 43.5 Å². The van der Waals surface area contributed by atoms with Crippen molar-refractivity contribution in [2.75, 3.05) is 12.3 Å². The molecule has 0 saturated carbocycles. The number of phenols is 1. The van der Waals surface area contributed by atoms with Crippen molar-refractivity contribution in [1.29, 1.82) is 0 Å². The minimum absolute atomic E-state index is 0.00997. The van der Waals surface area contributed by atoms with Crippen molar-refractivity contribution in [3.8, 4) is 5.75 Å². The Morgan fingerprint density at radius 3 is 2.14 bits per heavy atom. The first kappa shape index (κ1) is 27.9. The van der Waals surface area contributed by atoms with Crippen molar-refractivity contribution in [2.24, 2.45) is 0 Å². The molecule has 1 fully saturated rings. The lowest BCUT2D eigenvalue weighted by Crippen LogP contribution is -2.57. The summed E-state index contributed by atoms with van der Waals surface area (Å²) >= 11 is 4.07. The second kappa shape index (κ2) is 13.5. The molecule has 7 N–H and O–H groups in total. The number of carbonyl (C=O) groups excluding carboxylic acids is 3. The van der Waals surface area contributed by atoms with Crippen molar-refractivity contribution in [1.82, 2.24) is 21.3 Å². The van der Waals surface area contributed by atoms with E-state index in [-0.39, 0.29) is 30.8 Å². The molecule has 192 valence electrons. The zero-order valence-corrected chi connectivity index (χ0v) is 19.8. The predicted molar refractivity (Wildman–Crippen MR) is 127 cm³/mol. The molecule has 1 aliphatic heterocycles. The standard InChI is InChI=1S/C22H30N4O8S/c27-13-5-3-12(4-6-13)10-16(22(33)34)25-21(32)17(11-35)26-20(31)15(7-8-18(28)29)24-19(30)14-2-1-9-23-14/h3-6,14-17,23,27,35H,1-2,7-11H2,(H,24,30)(H,25,32)(H,26,31)(H,28,29)(H,33,34). The van der Waals surface area contributed by atoms with E-state index in [4.69, 9.17) is 5.11 Å². The highest BCUT2D eigenvalue weighted by Crippen LogP contribution is 2.12. The molecule has 1 aliphatic rings. The van der Waals surface area contributed by atoms with Crippen LogP contribution >= 0.6 is 12.6 Å². The van der Waals surface area contributed by atoms with Crippen molar-refractivity contribution in [3.05, 3.63) is 29.8 Å². The lowest BCUT2D eigenvalue weighted by molar-refractivity contribution is -0.142. The van der Waals surface area contributed by atoms with Gasteiger partial charge in [-0.2, -0.15) is 12.6 Å². The summed E-state index contributed by atoms with van der Waals surface area (Å²) in [6.07, 6.45) is 0.723. The maximum atomic E-state index is 12.8. The second-order valence-corrected chi connectivity index (χ2v) is 8.52. The van der Waals surface area contributed by atoms with Crippen LogP contribution < -0.4 is 21.3 Å². The quantitative estimate of drug-likeness (QED) is 0.154. The number of carbonyl (C=O) groups is 5. The van der Waals surface area contributed by atoms with E-state index in [0.29, 0.717) is 18.5 Å². The lowest BCUT2D eigenvalue weighted by Gasteiger charge is -2.24. The first-order valence-electron chi connectivity index (χ1n) is 11.1. The Bertz CT molecular complexity index is 921. The van der Waals surface area contributed by atoms with Gasteiger partial charge >= 0.3 is 11.9 Å². The number of hydrogen-bond donors (Lipinski definition) is 8. The van der Waals surface area contributed by atoms with Gasteiger partial charge in [-0.3, -0.25) is 19.2 Å². The van der Waals surface area contributed by atoms with Crippen LogP contribution in [-0.4, -0.2) is 81.4 Å². The molecular formula is C22H30N4O8S. The Hall–Kier alpha value is -3.32. The number of carboxylic acid groups (broad SMARTS) is 2. The monoisotopic (exact) mass is 510 g/mol. The predicted octanol–water partition coefficient (Wildman–Crippen LogP) is -0.980. The van der Waals surface area contributed by atoms with Gasteiger partial charge in [0.1, 0.15) is 23.9 Å². The summed E-state index contributed by atoms with van der Waals surface area (Å²) in [6, 6.07) is 1.57. The molecule has 0 aliphatic carbocycles. The van der Waals surface area contributed by atoms with E-state index in [0.717, 1.165) is 6.42 Å². The summed E-state index contributed by atoms with van der Waals surface area (Å²) < 4.78 is 0. The molecule has 1 aromatic carbocycles. The van der Waals surface area contributed by atoms with E-state index in [1.807, 2.05) is 0 Å². The third kappa shape index (κ3) is 9.09. The van der Waals surface area contributed by atoms with Gasteiger partial charge in [0.15, 0.2) is 0 Å². The van der Waals surface area contributed by atoms with Crippen molar-refractivity contribution in [3.63, 3.8) is 0 Å². The van der Waals surface area contributed by atoms with E-state index in [1.165, 1.54) is 24.3 Å². The van der Waals surface area contributed by atoms with Crippen LogP contribution in [0.5, 0.6) is 5.75 Å². The largest absolute Gasteiger partial charge is 0.508 e. The van der Waals surface area contributed by atoms with Crippen molar-refractivity contribution < 1.29 is 39.3 Å². The zero-order valence-electron chi connectivity index (χ0n) is 18.9. The number of thiol groups is 1. The molecular weight excluding hydrogens is 480 g/mol. The fourth-order valence-electron chi connectivity index (χ4n) is 3.52. The normalized spacial score (nSPS) is 17.6. The van der Waals surface area contributed by atoms with Crippen LogP contribution in [0.25, 0.3) is 0 Å². The second-order valence-electron chi connectivity index (χ2n) is 8.16. The van der Waals surface area contributed by atoms with Crippen LogP contribution in [0.3, 0.4) is 0 Å². The first-order chi connectivity index (χ1) is 16.6. The topological polar surface area (TPSA) is 194 Å². The third-order valence-electron chi connectivity index (χ3n) is 5.46. The number of phenolic OH excluding ortho intramolecular Hbond substituents is 1. The van der Waals surface area contributed by atoms with Crippen LogP contribution in [-0.2, 0) is 30.4 Å². The molecule has 4 atom stereocenters. The van der Waals surface area contributed by atoms with Crippen LogP contribution in [0.1, 0.15) is 31.2 Å². The summed E-state index contributed by atoms with van der Waals surface area (Å²) in [5.41, 5.74) is 0.555. The Balaban J connectivity index is 2.04. The van der Waals surface area contributed by atoms with E-state index in [9.17, 15) is 34.2 Å². The van der Waals surface area contributed by atoms with Crippen LogP contribution in [0.15, 0.2) is 24.3 Å². The Morgan fingerprint density at radius 1 is 0.971 bits per heavy atom. The summed E-state index contributed by atoms with van der Waals surface area (Å²) in [4.78, 5) is 60.7. The number of benzene rings is 1. The number of aliphatic carboxylic acids is 2. The maximum absolute atomic E-state index is 12.8. The highest BCUT2D eigenvalue weighted by Gasteiger charge is 2.31. The fraction of sp³-hybridized carbons (Fsp3) is 0.500. The number of aromatic hydroxyl groups is 1. The van der Waals surface area contributed by atoms with Crippen molar-refractivity contribution in [2.45, 2.75) is 56.3 Å². The summed E-state index contributed by atoms with van der Waals surface area (Å²) in [5.74, 6) is -4.65. The lowest BCUT2D eigenvalue weighted by atomic mass is 10.1. The Labute approximate surface area is 207 Å². The zero-order chi connectivity index (χ0) is 26.0. The smallest absolute Gasteiger partial charge is 0.326 e. The van der Waals surface area contributed by atoms with Crippen LogP contribution in [0, 0.1) is 0 Å². The fourth-order valence-corrected chi connectivity index (χ4v) is 3.78. The van der Waals surface area contributed by atoms with Gasteiger partial charge in [-0.15, -0.1) is 0 Å². The molecule has 1 heterocycles. The minimum Gasteiger partial charge on any atom is -0.508 e. The van der Waals surface area contributed by atoms with E-state index in [1.54, 1.807) is 0 Å². The average Bonchev–Trinajstić information content (AvgIpc) is 3.35. The molecule has 35 heavy (non-hydrogen) atoms. The van der Waals surface area contributed by atoms with Crippen LogP contribution in [0.2, 0.25) is 0 Å². The molecule has 1 saturated heterocycles. The summed E-state index contributed by atoms with van der Waals surface area (Å²) in [5, 5.41) is 38.2. The number of hydrogen-bond acceptors (Lipinski definition) is 8. The van der Waals surface area contributed by atoms with E-state index >= 15 is 0 Å². The first-order valence-corrected chi connectivity index (χ1v) is 11.7. The molecule has 0 spiro atoms. The summed E-state index contributed by atoms with van der Waals surface area (Å²) in [7, 11) is 0. The minimum atomic E-state index is -1.32. The average molecular weight is 511 g/mol. The SMILES string of the molecule is O=C(O)CCC(NC(=O)C1CCCN1)C(=O)NC(CS)C(=O)NC(Cc1ccc(O)cc1)C(=O)O. The van der Waals surface area contributed by atoms with Gasteiger partial charge in [0.2, 0.25) is 17.7 Å². The van der Waals surface area contributed by atoms with Crippen molar-refractivity contribution >= 4 is 42.3 Å². The van der Waals surface area contributed by atoms with Gasteiger partial charge in [0, 0.05) is 18.6 Å². The number of nitrogens with one attached hydrogen (secondary N) is 4. The summed E-state index contributed by atoms with van der Waals surface area (Å²) in [6.45, 7) is 0.654. The molecule has 12 nitrogen and oxygen atoms in total. The van der Waals surface area contributed by atoms with Gasteiger partial charge in [0.05, 0.1) is 6.04 Å². The van der Waals surface area contributed by atoms with Gasteiger partial charge in [-0.1, -0.05) is 12.1 Å². The van der Waals surface area contributed by atoms with Crippen LogP contribution in [0.4, 0.5) is 0 Å². The molecule has 1 aromatic rings. The highest BCUT2D eigenvalue weighted by molar-refractivity contribution is 7.80. The third-order valence-corrected chi connectivity index (χ3v) is 5.83. The molecule has 0 radical (unpaired) electrons. The molecule has 0 aromatic heterocycles. The highest BCUT2D eigenvalue weighted by atomic mass is 32.1. The number of carboxylic acids is 2. The maximum Gasteiger partial charge on any atom is 0.326 e. The Morgan fingerprint density at radius 2 is 1.60 bits per heavy atom. The molecule has 13 heteroatoms. The van der Waals surface area contributed by atoms with Gasteiger partial charge in [0.25, 0.3) is 0 Å². The Kier molecular flexibility index (Phi) is 10.8. The molecule has 3 amide bonds. The van der Waals surface area contributed by atoms with Gasteiger partial charge < -0.3 is 36.6 Å². The van der Waals surface area contributed by atoms with E-state index in [2.05, 4.69) is 33.9 Å². The number of rotatable bonds is 13. The number of amides is 3. The molecule has 2 rings (SSSR count). The van der Waals surface area contributed by atoms with Gasteiger partial charge in [-0.25, -0.2) is 4.79 Å². The van der Waals surface area contributed by atoms with E-state index < -0.39 is 53.8 Å². The molecule has 0 bridgehead atoms.